The second kappa shape index (κ2) is 11.9. The number of benzene rings is 2. The number of carbonyl (C=O) groups excluding carboxylic acids is 2. The van der Waals surface area contributed by atoms with Gasteiger partial charge in [-0.1, -0.05) is 60.7 Å². The van der Waals surface area contributed by atoms with Crippen molar-refractivity contribution in [2.24, 2.45) is 0 Å². The number of aliphatic carboxylic acids is 1. The predicted octanol–water partition coefficient (Wildman–Crippen LogP) is -0.623. The maximum absolute atomic E-state index is 12.1. The van der Waals surface area contributed by atoms with E-state index in [1.165, 1.54) is 48.5 Å². The Kier molecular flexibility index (Phi) is 9.66. The number of amides is 2. The van der Waals surface area contributed by atoms with Crippen molar-refractivity contribution in [3.63, 3.8) is 0 Å². The van der Waals surface area contributed by atoms with Crippen LogP contribution in [0.5, 0.6) is 0 Å². The molecule has 0 radical (unpaired) electrons. The summed E-state index contributed by atoms with van der Waals surface area (Å²) in [7, 11) is -14.3. The first-order chi connectivity index (χ1) is 17.4. The molecule has 2 aromatic rings. The Morgan fingerprint density at radius 1 is 0.816 bits per heavy atom. The molecule has 5 N–H and O–H groups in total. The Hall–Kier alpha value is -3.46. The van der Waals surface area contributed by atoms with E-state index in [9.17, 15) is 44.2 Å². The van der Waals surface area contributed by atoms with Gasteiger partial charge in [0.15, 0.2) is 5.25 Å². The molecule has 3 atom stereocenters. The van der Waals surface area contributed by atoms with Gasteiger partial charge in [0.2, 0.25) is 11.2 Å². The molecule has 0 aliphatic carbocycles. The van der Waals surface area contributed by atoms with Gasteiger partial charge in [0.1, 0.15) is 6.04 Å². The van der Waals surface area contributed by atoms with Gasteiger partial charge in [0.25, 0.3) is 26.1 Å². The molecule has 2 unspecified atom stereocenters. The van der Waals surface area contributed by atoms with Gasteiger partial charge >= 0.3 is 16.4 Å². The minimum Gasteiger partial charge on any atom is -0.480 e. The highest BCUT2D eigenvalue weighted by Crippen LogP contribution is 2.23. The number of carboxylic acids is 1. The summed E-state index contributed by atoms with van der Waals surface area (Å²) in [4.78, 5) is 34.3. The summed E-state index contributed by atoms with van der Waals surface area (Å²) in [5.41, 5.74) is 0.0119. The van der Waals surface area contributed by atoms with E-state index < -0.39 is 71.5 Å². The Labute approximate surface area is 216 Å². The number of nitrogens with one attached hydrogen (secondary N) is 1. The van der Waals surface area contributed by atoms with Gasteiger partial charge in [-0.25, -0.2) is 0 Å². The van der Waals surface area contributed by atoms with Crippen molar-refractivity contribution in [3.05, 3.63) is 71.8 Å². The van der Waals surface area contributed by atoms with Gasteiger partial charge in [-0.3, -0.25) is 28.0 Å². The number of hydrogen-bond acceptors (Lipinski definition) is 10. The Balaban J connectivity index is 0.000000308. The van der Waals surface area contributed by atoms with Gasteiger partial charge in [0.05, 0.1) is 6.54 Å². The van der Waals surface area contributed by atoms with Crippen LogP contribution < -0.4 is 5.32 Å². The van der Waals surface area contributed by atoms with Crippen LogP contribution in [0.4, 0.5) is 0 Å². The Morgan fingerprint density at radius 3 is 1.58 bits per heavy atom. The highest BCUT2D eigenvalue weighted by molar-refractivity contribution is 7.87. The van der Waals surface area contributed by atoms with E-state index >= 15 is 0 Å². The summed E-state index contributed by atoms with van der Waals surface area (Å²) < 4.78 is 95.6. The molecule has 208 valence electrons. The number of carbonyl (C=O) groups is 3. The number of β-lactam (4-membered cyclic amide) rings is 1. The number of hydroxylamine groups is 2. The normalized spacial score (nSPS) is 17.3. The lowest BCUT2D eigenvalue weighted by Crippen LogP contribution is -2.64. The monoisotopic (exact) mass is 596 g/mol. The molecule has 3 rings (SSSR count). The number of rotatable bonds is 9. The van der Waals surface area contributed by atoms with Crippen LogP contribution in [-0.4, -0.2) is 79.5 Å². The molecule has 1 heterocycles. The zero-order chi connectivity index (χ0) is 28.9. The van der Waals surface area contributed by atoms with Crippen molar-refractivity contribution in [1.29, 1.82) is 0 Å². The van der Waals surface area contributed by atoms with E-state index in [4.69, 9.17) is 14.2 Å². The van der Waals surface area contributed by atoms with Crippen LogP contribution in [0.3, 0.4) is 0 Å². The summed E-state index contributed by atoms with van der Waals surface area (Å²) in [5, 5.41) is 7.08. The maximum atomic E-state index is 12.1. The van der Waals surface area contributed by atoms with Gasteiger partial charge in [-0.15, -0.1) is 4.28 Å². The predicted molar refractivity (Wildman–Crippen MR) is 125 cm³/mol. The zero-order valence-corrected chi connectivity index (χ0v) is 21.2. The van der Waals surface area contributed by atoms with E-state index in [0.717, 1.165) is 0 Å². The van der Waals surface area contributed by atoms with E-state index in [2.05, 4.69) is 9.60 Å². The van der Waals surface area contributed by atoms with Gasteiger partial charge in [0, 0.05) is 0 Å². The Morgan fingerprint density at radius 2 is 1.24 bits per heavy atom. The fourth-order valence-corrected chi connectivity index (χ4v) is 5.04. The lowest BCUT2D eigenvalue weighted by atomic mass is 10.1. The highest BCUT2D eigenvalue weighted by atomic mass is 32.3. The molecule has 1 aliphatic rings. The maximum Gasteiger partial charge on any atom is 0.418 e. The van der Waals surface area contributed by atoms with E-state index in [1.54, 1.807) is 12.1 Å². The summed E-state index contributed by atoms with van der Waals surface area (Å²) >= 11 is 0. The first-order valence-electron chi connectivity index (χ1n) is 9.96. The van der Waals surface area contributed by atoms with Crippen LogP contribution >= 0.6 is 0 Å². The quantitative estimate of drug-likeness (QED) is 0.178. The number of carboxylic acid groups (broad SMARTS) is 1. The van der Waals surface area contributed by atoms with Crippen molar-refractivity contribution in [1.82, 2.24) is 10.4 Å². The van der Waals surface area contributed by atoms with Gasteiger partial charge in [-0.2, -0.15) is 30.3 Å². The minimum absolute atomic E-state index is 0.0182. The molecule has 2 amide bonds. The van der Waals surface area contributed by atoms with Crippen LogP contribution in [0.2, 0.25) is 0 Å². The van der Waals surface area contributed by atoms with Crippen molar-refractivity contribution in [2.75, 3.05) is 6.54 Å². The fraction of sp³-hybridized carbons (Fsp3) is 0.211. The third-order valence-electron chi connectivity index (χ3n) is 4.66. The molecule has 16 nitrogen and oxygen atoms in total. The highest BCUT2D eigenvalue weighted by Gasteiger charge is 2.44. The third kappa shape index (κ3) is 8.55. The molecule has 0 saturated carbocycles. The first kappa shape index (κ1) is 30.8. The molecule has 38 heavy (non-hydrogen) atoms. The molecular weight excluding hydrogens is 576 g/mol. The first-order valence-corrected chi connectivity index (χ1v) is 14.3. The second-order valence-electron chi connectivity index (χ2n) is 7.41. The SMILES string of the molecule is O=C(N[C@H]1CN(OS(=O)(=O)O)C1=O)C(c1ccccc1)S(=O)(=O)O.O=C(O)C(c1ccccc1)S(=O)(=O)O. The largest absolute Gasteiger partial charge is 0.480 e. The van der Waals surface area contributed by atoms with Crippen molar-refractivity contribution >= 4 is 48.4 Å². The fourth-order valence-electron chi connectivity index (χ4n) is 3.09. The lowest BCUT2D eigenvalue weighted by Gasteiger charge is -2.35. The summed E-state index contributed by atoms with van der Waals surface area (Å²) in [6.07, 6.45) is 0. The lowest BCUT2D eigenvalue weighted by molar-refractivity contribution is -0.182. The van der Waals surface area contributed by atoms with Gasteiger partial charge < -0.3 is 10.4 Å². The second-order valence-corrected chi connectivity index (χ2v) is 11.4. The van der Waals surface area contributed by atoms with E-state index in [0.29, 0.717) is 0 Å². The zero-order valence-electron chi connectivity index (χ0n) is 18.8. The van der Waals surface area contributed by atoms with Crippen LogP contribution in [0, 0.1) is 0 Å². The number of nitrogens with zero attached hydrogens (tertiary/aromatic N) is 1. The molecule has 0 bridgehead atoms. The summed E-state index contributed by atoms with van der Waals surface area (Å²) in [6, 6.07) is 13.1. The molecule has 1 saturated heterocycles. The van der Waals surface area contributed by atoms with Crippen LogP contribution in [-0.2, 0) is 49.3 Å². The minimum atomic E-state index is -4.90. The van der Waals surface area contributed by atoms with Crippen molar-refractivity contribution < 1.29 is 62.7 Å². The molecule has 0 spiro atoms. The van der Waals surface area contributed by atoms with E-state index in [-0.39, 0.29) is 16.2 Å². The molecule has 2 aromatic carbocycles. The van der Waals surface area contributed by atoms with Crippen molar-refractivity contribution in [2.45, 2.75) is 16.5 Å². The topological polar surface area (TPSA) is 259 Å². The van der Waals surface area contributed by atoms with Crippen LogP contribution in [0.25, 0.3) is 0 Å². The van der Waals surface area contributed by atoms with Gasteiger partial charge in [-0.05, 0) is 11.1 Å². The average Bonchev–Trinajstić information content (AvgIpc) is 2.77. The molecular formula is C19H20N2O14S3. The van der Waals surface area contributed by atoms with Crippen LogP contribution in [0.1, 0.15) is 21.6 Å². The standard InChI is InChI=1S/C11H12N2O9S2.C8H8O5S/c14-10(9(23(16,17)18)7-4-2-1-3-5-7)12-8-6-13(11(8)15)22-24(19,20)21;9-8(10)7(14(11,12)13)6-4-2-1-3-5-6/h1-5,8-9H,6H2,(H,12,14)(H,16,17,18)(H,19,20,21);1-5,7H,(H,9,10)(H,11,12,13)/t8-,9?;/m0./s1. The summed E-state index contributed by atoms with van der Waals surface area (Å²) in [6.45, 7) is -0.433. The molecule has 0 aromatic heterocycles. The molecule has 1 fully saturated rings. The summed E-state index contributed by atoms with van der Waals surface area (Å²) in [5.74, 6) is -3.78. The molecule has 1 aliphatic heterocycles. The van der Waals surface area contributed by atoms with Crippen LogP contribution in [0.15, 0.2) is 60.7 Å². The smallest absolute Gasteiger partial charge is 0.418 e. The molecule has 19 heteroatoms. The number of hydrogen-bond donors (Lipinski definition) is 5. The average molecular weight is 597 g/mol. The third-order valence-corrected chi connectivity index (χ3v) is 7.18. The van der Waals surface area contributed by atoms with E-state index in [1.807, 2.05) is 0 Å². The Bertz CT molecular complexity index is 1490. The van der Waals surface area contributed by atoms with Crippen molar-refractivity contribution in [3.8, 4) is 0 Å².